The molecule has 3 unspecified atom stereocenters. The highest BCUT2D eigenvalue weighted by atomic mass is 19.1. The molecule has 142 valence electrons. The lowest BCUT2D eigenvalue weighted by Crippen LogP contribution is -2.44. The Morgan fingerprint density at radius 1 is 0.893 bits per heavy atom. The summed E-state index contributed by atoms with van der Waals surface area (Å²) in [5.74, 6) is -0.823. The third-order valence-corrected chi connectivity index (χ3v) is 5.15. The number of rotatable bonds is 4. The Morgan fingerprint density at radius 2 is 1.50 bits per heavy atom. The number of para-hydroxylation sites is 1. The Morgan fingerprint density at radius 3 is 2.11 bits per heavy atom. The highest BCUT2D eigenvalue weighted by Crippen LogP contribution is 2.43. The van der Waals surface area contributed by atoms with E-state index in [4.69, 9.17) is 4.74 Å². The van der Waals surface area contributed by atoms with Gasteiger partial charge in [0.1, 0.15) is 5.82 Å². The first-order chi connectivity index (χ1) is 13.7. The molecule has 0 radical (unpaired) electrons. The van der Waals surface area contributed by atoms with Crippen LogP contribution in [0.2, 0.25) is 0 Å². The van der Waals surface area contributed by atoms with Crippen molar-refractivity contribution < 1.29 is 13.9 Å². The van der Waals surface area contributed by atoms with Crippen molar-refractivity contribution in [1.29, 1.82) is 0 Å². The number of carbonyl (C=O) groups excluding carboxylic acids is 1. The largest absolute Gasteiger partial charge is 0.467 e. The Balaban J connectivity index is 1.84. The summed E-state index contributed by atoms with van der Waals surface area (Å²) in [5.41, 5.74) is 6.25. The summed E-state index contributed by atoms with van der Waals surface area (Å²) in [4.78, 5) is 12.8. The number of hydrogen-bond donors (Lipinski definition) is 1. The summed E-state index contributed by atoms with van der Waals surface area (Å²) in [6.07, 6.45) is 0. The standard InChI is InChI=1S/C23H21FN2O2/c1-28-23(27)22-20(16-8-4-2-5-9-16)21(17-12-14-18(24)15-13-17)25-26(22)19-10-6-3-7-11-19/h2-15,20-22,25H,1H3. The fourth-order valence-corrected chi connectivity index (χ4v) is 3.85. The van der Waals surface area contributed by atoms with Crippen molar-refractivity contribution in [3.63, 3.8) is 0 Å². The number of carbonyl (C=O) groups is 1. The van der Waals surface area contributed by atoms with Gasteiger partial charge in [-0.2, -0.15) is 0 Å². The fraction of sp³-hybridized carbons (Fsp3) is 0.174. The van der Waals surface area contributed by atoms with Crippen molar-refractivity contribution in [2.75, 3.05) is 12.1 Å². The molecule has 5 heteroatoms. The molecule has 4 rings (SSSR count). The molecule has 1 N–H and O–H groups in total. The second-order valence-electron chi connectivity index (χ2n) is 6.77. The number of ether oxygens (including phenoxy) is 1. The van der Waals surface area contributed by atoms with E-state index in [-0.39, 0.29) is 23.7 Å². The number of halogens is 1. The van der Waals surface area contributed by atoms with Crippen molar-refractivity contribution in [1.82, 2.24) is 5.43 Å². The molecule has 3 aromatic rings. The molecule has 1 heterocycles. The van der Waals surface area contributed by atoms with Gasteiger partial charge in [0.2, 0.25) is 0 Å². The number of benzene rings is 3. The van der Waals surface area contributed by atoms with Gasteiger partial charge in [-0.1, -0.05) is 60.7 Å². The number of methoxy groups -OCH3 is 1. The molecule has 28 heavy (non-hydrogen) atoms. The van der Waals surface area contributed by atoms with Gasteiger partial charge in [0.15, 0.2) is 6.04 Å². The van der Waals surface area contributed by atoms with Crippen LogP contribution in [0, 0.1) is 5.82 Å². The van der Waals surface area contributed by atoms with Crippen LogP contribution >= 0.6 is 0 Å². The van der Waals surface area contributed by atoms with Gasteiger partial charge in [-0.25, -0.2) is 14.6 Å². The number of hydrogen-bond acceptors (Lipinski definition) is 4. The lowest BCUT2D eigenvalue weighted by atomic mass is 9.83. The number of esters is 1. The van der Waals surface area contributed by atoms with E-state index in [0.717, 1.165) is 16.8 Å². The van der Waals surface area contributed by atoms with Crippen molar-refractivity contribution in [3.8, 4) is 0 Å². The Kier molecular flexibility index (Phi) is 5.08. The van der Waals surface area contributed by atoms with E-state index in [1.165, 1.54) is 19.2 Å². The molecule has 3 atom stereocenters. The minimum Gasteiger partial charge on any atom is -0.467 e. The lowest BCUT2D eigenvalue weighted by Gasteiger charge is -2.26. The van der Waals surface area contributed by atoms with Gasteiger partial charge in [-0.05, 0) is 35.4 Å². The van der Waals surface area contributed by atoms with Gasteiger partial charge in [-0.3, -0.25) is 5.01 Å². The summed E-state index contributed by atoms with van der Waals surface area (Å²) >= 11 is 0. The molecule has 0 saturated carbocycles. The van der Waals surface area contributed by atoms with Crippen molar-refractivity contribution in [3.05, 3.63) is 102 Å². The van der Waals surface area contributed by atoms with E-state index in [0.29, 0.717) is 0 Å². The predicted octanol–water partition coefficient (Wildman–Crippen LogP) is 4.22. The summed E-state index contributed by atoms with van der Waals surface area (Å²) in [7, 11) is 1.40. The van der Waals surface area contributed by atoms with E-state index in [1.54, 1.807) is 12.1 Å². The average Bonchev–Trinajstić information content (AvgIpc) is 3.15. The van der Waals surface area contributed by atoms with Crippen LogP contribution in [0.4, 0.5) is 10.1 Å². The highest BCUT2D eigenvalue weighted by molar-refractivity contribution is 5.82. The molecule has 0 spiro atoms. The first-order valence-electron chi connectivity index (χ1n) is 9.17. The minimum atomic E-state index is -0.565. The van der Waals surface area contributed by atoms with Crippen LogP contribution in [-0.4, -0.2) is 19.1 Å². The molecule has 3 aromatic carbocycles. The quantitative estimate of drug-likeness (QED) is 0.693. The monoisotopic (exact) mass is 376 g/mol. The topological polar surface area (TPSA) is 41.6 Å². The van der Waals surface area contributed by atoms with E-state index >= 15 is 0 Å². The number of nitrogens with one attached hydrogen (secondary N) is 1. The van der Waals surface area contributed by atoms with Gasteiger partial charge in [0, 0.05) is 5.92 Å². The van der Waals surface area contributed by atoms with Crippen LogP contribution in [0.3, 0.4) is 0 Å². The van der Waals surface area contributed by atoms with Gasteiger partial charge in [-0.15, -0.1) is 0 Å². The maximum absolute atomic E-state index is 13.5. The van der Waals surface area contributed by atoms with E-state index < -0.39 is 6.04 Å². The third kappa shape index (κ3) is 3.37. The number of anilines is 1. The zero-order chi connectivity index (χ0) is 19.5. The average molecular weight is 376 g/mol. The van der Waals surface area contributed by atoms with Crippen LogP contribution in [0.1, 0.15) is 23.1 Å². The molecular weight excluding hydrogens is 355 g/mol. The van der Waals surface area contributed by atoms with Crippen LogP contribution in [0.5, 0.6) is 0 Å². The molecule has 0 bridgehead atoms. The highest BCUT2D eigenvalue weighted by Gasteiger charge is 2.48. The molecule has 1 saturated heterocycles. The zero-order valence-corrected chi connectivity index (χ0v) is 15.5. The lowest BCUT2D eigenvalue weighted by molar-refractivity contribution is -0.142. The van der Waals surface area contributed by atoms with Gasteiger partial charge in [0.25, 0.3) is 0 Å². The Bertz CT molecular complexity index is 932. The fourth-order valence-electron chi connectivity index (χ4n) is 3.85. The number of nitrogens with zero attached hydrogens (tertiary/aromatic N) is 1. The minimum absolute atomic E-state index is 0.209. The zero-order valence-electron chi connectivity index (χ0n) is 15.5. The van der Waals surface area contributed by atoms with Crippen LogP contribution in [-0.2, 0) is 9.53 Å². The molecule has 1 aliphatic heterocycles. The first kappa shape index (κ1) is 18.2. The van der Waals surface area contributed by atoms with Crippen LogP contribution in [0.25, 0.3) is 0 Å². The van der Waals surface area contributed by atoms with Crippen molar-refractivity contribution >= 4 is 11.7 Å². The van der Waals surface area contributed by atoms with Crippen LogP contribution < -0.4 is 10.4 Å². The second kappa shape index (κ2) is 7.82. The summed E-state index contributed by atoms with van der Waals surface area (Å²) in [6, 6.07) is 25.1. The molecule has 4 nitrogen and oxygen atoms in total. The molecule has 1 aliphatic rings. The van der Waals surface area contributed by atoms with Gasteiger partial charge in [0.05, 0.1) is 18.8 Å². The maximum Gasteiger partial charge on any atom is 0.330 e. The SMILES string of the molecule is COC(=O)C1C(c2ccccc2)C(c2ccc(F)cc2)NN1c1ccccc1. The molecule has 0 amide bonds. The van der Waals surface area contributed by atoms with Gasteiger partial charge < -0.3 is 4.74 Å². The van der Waals surface area contributed by atoms with Gasteiger partial charge >= 0.3 is 5.97 Å². The molecule has 0 aromatic heterocycles. The normalized spacial score (nSPS) is 21.5. The maximum atomic E-state index is 13.5. The Hall–Kier alpha value is -3.18. The van der Waals surface area contributed by atoms with Crippen LogP contribution in [0.15, 0.2) is 84.9 Å². The van der Waals surface area contributed by atoms with E-state index in [2.05, 4.69) is 5.43 Å². The predicted molar refractivity (Wildman–Crippen MR) is 106 cm³/mol. The smallest absolute Gasteiger partial charge is 0.330 e. The third-order valence-electron chi connectivity index (χ3n) is 5.15. The molecule has 0 aliphatic carbocycles. The van der Waals surface area contributed by atoms with Crippen molar-refractivity contribution in [2.24, 2.45) is 0 Å². The second-order valence-corrected chi connectivity index (χ2v) is 6.77. The summed E-state index contributed by atoms with van der Waals surface area (Å²) < 4.78 is 18.7. The summed E-state index contributed by atoms with van der Waals surface area (Å²) in [5, 5.41) is 1.86. The van der Waals surface area contributed by atoms with E-state index in [1.807, 2.05) is 65.7 Å². The molecular formula is C23H21FN2O2. The Labute approximate surface area is 163 Å². The molecule has 1 fully saturated rings. The number of hydrazine groups is 1. The summed E-state index contributed by atoms with van der Waals surface area (Å²) in [6.45, 7) is 0. The van der Waals surface area contributed by atoms with Crippen molar-refractivity contribution in [2.45, 2.75) is 18.0 Å². The van der Waals surface area contributed by atoms with E-state index in [9.17, 15) is 9.18 Å². The first-order valence-corrected chi connectivity index (χ1v) is 9.17.